The maximum atomic E-state index is 13.1. The van der Waals surface area contributed by atoms with Crippen molar-refractivity contribution >= 4 is 23.2 Å². The van der Waals surface area contributed by atoms with Crippen LogP contribution in [0.3, 0.4) is 0 Å². The van der Waals surface area contributed by atoms with Gasteiger partial charge in [0.05, 0.1) is 11.4 Å². The molecule has 142 valence electrons. The van der Waals surface area contributed by atoms with E-state index in [-0.39, 0.29) is 30.0 Å². The molecule has 0 radical (unpaired) electrons. The number of carbonyl (C=O) groups is 2. The third-order valence-corrected chi connectivity index (χ3v) is 4.42. The molecule has 4 nitrogen and oxygen atoms in total. The third kappa shape index (κ3) is 5.04. The van der Waals surface area contributed by atoms with Crippen molar-refractivity contribution in [2.24, 2.45) is 0 Å². The standard InChI is InChI=1S/C23H21FN2O2/c1-16(17-11-13-19(24)14-12-17)15-22(27)25-20-9-5-6-10-21(20)26-23(28)18-7-3-2-4-8-18/h2-14,16H,15H2,1H3,(H,25,27)(H,26,28). The molecule has 3 rings (SSSR count). The van der Waals surface area contributed by atoms with Crippen LogP contribution in [-0.4, -0.2) is 11.8 Å². The first-order valence-corrected chi connectivity index (χ1v) is 9.03. The Bertz CT molecular complexity index is 956. The zero-order chi connectivity index (χ0) is 19.9. The van der Waals surface area contributed by atoms with E-state index in [0.717, 1.165) is 5.56 Å². The lowest BCUT2D eigenvalue weighted by Crippen LogP contribution is -2.17. The van der Waals surface area contributed by atoms with Gasteiger partial charge in [0.1, 0.15) is 5.82 Å². The highest BCUT2D eigenvalue weighted by Crippen LogP contribution is 2.24. The normalized spacial score (nSPS) is 11.5. The number of hydrogen-bond acceptors (Lipinski definition) is 2. The molecule has 0 fully saturated rings. The summed E-state index contributed by atoms with van der Waals surface area (Å²) in [6.45, 7) is 1.91. The van der Waals surface area contributed by atoms with E-state index in [2.05, 4.69) is 10.6 Å². The fourth-order valence-electron chi connectivity index (χ4n) is 2.87. The number of anilines is 2. The predicted molar refractivity (Wildman–Crippen MR) is 109 cm³/mol. The number of carbonyl (C=O) groups excluding carboxylic acids is 2. The van der Waals surface area contributed by atoms with Gasteiger partial charge >= 0.3 is 0 Å². The summed E-state index contributed by atoms with van der Waals surface area (Å²) in [6, 6.07) is 22.1. The average molecular weight is 376 g/mol. The van der Waals surface area contributed by atoms with Crippen LogP contribution < -0.4 is 10.6 Å². The molecule has 0 aromatic heterocycles. The Balaban J connectivity index is 1.66. The predicted octanol–water partition coefficient (Wildman–Crippen LogP) is 5.21. The first-order valence-electron chi connectivity index (χ1n) is 9.03. The SMILES string of the molecule is CC(CC(=O)Nc1ccccc1NC(=O)c1ccccc1)c1ccc(F)cc1. The van der Waals surface area contributed by atoms with Gasteiger partial charge in [0.25, 0.3) is 5.91 Å². The second-order valence-corrected chi connectivity index (χ2v) is 6.57. The minimum Gasteiger partial charge on any atom is -0.324 e. The molecule has 2 N–H and O–H groups in total. The van der Waals surface area contributed by atoms with Crippen LogP contribution in [0.5, 0.6) is 0 Å². The topological polar surface area (TPSA) is 58.2 Å². The zero-order valence-corrected chi connectivity index (χ0v) is 15.5. The quantitative estimate of drug-likeness (QED) is 0.620. The molecule has 3 aromatic rings. The summed E-state index contributed by atoms with van der Waals surface area (Å²) in [5, 5.41) is 5.68. The average Bonchev–Trinajstić information content (AvgIpc) is 2.70. The summed E-state index contributed by atoms with van der Waals surface area (Å²) in [6.07, 6.45) is 0.243. The third-order valence-electron chi connectivity index (χ3n) is 4.42. The van der Waals surface area contributed by atoms with Crippen LogP contribution >= 0.6 is 0 Å². The minimum absolute atomic E-state index is 0.0633. The molecule has 5 heteroatoms. The highest BCUT2D eigenvalue weighted by Gasteiger charge is 2.14. The van der Waals surface area contributed by atoms with Crippen molar-refractivity contribution in [3.63, 3.8) is 0 Å². The summed E-state index contributed by atoms with van der Waals surface area (Å²) in [7, 11) is 0. The summed E-state index contributed by atoms with van der Waals surface area (Å²) in [5.41, 5.74) is 2.48. The molecule has 0 bridgehead atoms. The van der Waals surface area contributed by atoms with Crippen LogP contribution in [0.4, 0.5) is 15.8 Å². The molecule has 3 aromatic carbocycles. The number of rotatable bonds is 6. The molecule has 0 aliphatic carbocycles. The lowest BCUT2D eigenvalue weighted by Gasteiger charge is -2.15. The molecule has 0 spiro atoms. The van der Waals surface area contributed by atoms with Gasteiger partial charge in [-0.3, -0.25) is 9.59 Å². The first-order chi connectivity index (χ1) is 13.5. The van der Waals surface area contributed by atoms with E-state index < -0.39 is 0 Å². The highest BCUT2D eigenvalue weighted by molar-refractivity contribution is 6.07. The molecule has 0 aliphatic heterocycles. The Hall–Kier alpha value is -3.47. The summed E-state index contributed by atoms with van der Waals surface area (Å²) in [5.74, 6) is -0.796. The van der Waals surface area contributed by atoms with Gasteiger partial charge in [-0.25, -0.2) is 4.39 Å². The minimum atomic E-state index is -0.302. The lowest BCUT2D eigenvalue weighted by molar-refractivity contribution is -0.116. The summed E-state index contributed by atoms with van der Waals surface area (Å²) < 4.78 is 13.1. The number of halogens is 1. The van der Waals surface area contributed by atoms with Crippen molar-refractivity contribution in [3.05, 3.63) is 95.8 Å². The highest BCUT2D eigenvalue weighted by atomic mass is 19.1. The first kappa shape index (κ1) is 19.3. The van der Waals surface area contributed by atoms with Gasteiger partial charge in [-0.05, 0) is 47.9 Å². The van der Waals surface area contributed by atoms with E-state index in [0.29, 0.717) is 16.9 Å². The largest absolute Gasteiger partial charge is 0.324 e. The number of hydrogen-bond donors (Lipinski definition) is 2. The smallest absolute Gasteiger partial charge is 0.255 e. The number of benzene rings is 3. The second-order valence-electron chi connectivity index (χ2n) is 6.57. The molecule has 0 aliphatic rings. The van der Waals surface area contributed by atoms with Crippen LogP contribution in [0.25, 0.3) is 0 Å². The van der Waals surface area contributed by atoms with E-state index in [9.17, 15) is 14.0 Å². The maximum Gasteiger partial charge on any atom is 0.255 e. The van der Waals surface area contributed by atoms with E-state index in [1.165, 1.54) is 12.1 Å². The van der Waals surface area contributed by atoms with Crippen molar-refractivity contribution in [1.82, 2.24) is 0 Å². The van der Waals surface area contributed by atoms with Gasteiger partial charge in [0.2, 0.25) is 5.91 Å². The number of nitrogens with one attached hydrogen (secondary N) is 2. The maximum absolute atomic E-state index is 13.1. The monoisotopic (exact) mass is 376 g/mol. The molecule has 28 heavy (non-hydrogen) atoms. The summed E-state index contributed by atoms with van der Waals surface area (Å²) in [4.78, 5) is 24.9. The Morgan fingerprint density at radius 1 is 0.821 bits per heavy atom. The molecule has 0 saturated carbocycles. The molecule has 1 atom stereocenters. The summed E-state index contributed by atoms with van der Waals surface area (Å²) >= 11 is 0. The van der Waals surface area contributed by atoms with Crippen molar-refractivity contribution in [2.45, 2.75) is 19.3 Å². The molecular weight excluding hydrogens is 355 g/mol. The van der Waals surface area contributed by atoms with Gasteiger partial charge in [0, 0.05) is 12.0 Å². The van der Waals surface area contributed by atoms with E-state index in [1.807, 2.05) is 13.0 Å². The Labute approximate surface area is 163 Å². The van der Waals surface area contributed by atoms with Gasteiger partial charge in [-0.15, -0.1) is 0 Å². The van der Waals surface area contributed by atoms with Crippen molar-refractivity contribution in [1.29, 1.82) is 0 Å². The van der Waals surface area contributed by atoms with Crippen molar-refractivity contribution in [3.8, 4) is 0 Å². The van der Waals surface area contributed by atoms with E-state index in [4.69, 9.17) is 0 Å². The number of amides is 2. The van der Waals surface area contributed by atoms with Gasteiger partial charge in [0.15, 0.2) is 0 Å². The fourth-order valence-corrected chi connectivity index (χ4v) is 2.87. The Morgan fingerprint density at radius 3 is 2.04 bits per heavy atom. The molecule has 0 saturated heterocycles. The van der Waals surface area contributed by atoms with Crippen LogP contribution in [0.15, 0.2) is 78.9 Å². The van der Waals surface area contributed by atoms with E-state index >= 15 is 0 Å². The molecule has 2 amide bonds. The molecular formula is C23H21FN2O2. The van der Waals surface area contributed by atoms with Crippen LogP contribution in [0.2, 0.25) is 0 Å². The van der Waals surface area contributed by atoms with Crippen LogP contribution in [0.1, 0.15) is 35.2 Å². The number of para-hydroxylation sites is 2. The van der Waals surface area contributed by atoms with Gasteiger partial charge in [-0.1, -0.05) is 49.4 Å². The van der Waals surface area contributed by atoms with Crippen molar-refractivity contribution < 1.29 is 14.0 Å². The molecule has 1 unspecified atom stereocenters. The Morgan fingerprint density at radius 2 is 1.39 bits per heavy atom. The van der Waals surface area contributed by atoms with Crippen molar-refractivity contribution in [2.75, 3.05) is 10.6 Å². The fraction of sp³-hybridized carbons (Fsp3) is 0.130. The zero-order valence-electron chi connectivity index (χ0n) is 15.5. The van der Waals surface area contributed by atoms with Gasteiger partial charge < -0.3 is 10.6 Å². The lowest BCUT2D eigenvalue weighted by atomic mass is 9.97. The Kier molecular flexibility index (Phi) is 6.17. The van der Waals surface area contributed by atoms with E-state index in [1.54, 1.807) is 60.7 Å². The second kappa shape index (κ2) is 8.95. The van der Waals surface area contributed by atoms with Crippen LogP contribution in [0, 0.1) is 5.82 Å². The molecule has 0 heterocycles. The van der Waals surface area contributed by atoms with Crippen LogP contribution in [-0.2, 0) is 4.79 Å². The van der Waals surface area contributed by atoms with Gasteiger partial charge in [-0.2, -0.15) is 0 Å².